The fourth-order valence-corrected chi connectivity index (χ4v) is 3.06. The van der Waals surface area contributed by atoms with Crippen molar-refractivity contribution >= 4 is 0 Å². The van der Waals surface area contributed by atoms with Crippen molar-refractivity contribution in [2.45, 2.75) is 13.8 Å². The average molecular weight is 378 g/mol. The first-order chi connectivity index (χ1) is 13.6. The molecule has 0 N–H and O–H groups in total. The molecule has 4 nitrogen and oxygen atoms in total. The van der Waals surface area contributed by atoms with Gasteiger partial charge in [0.25, 0.3) is 0 Å². The lowest BCUT2D eigenvalue weighted by atomic mass is 9.94. The largest absolute Gasteiger partial charge is 0.468 e. The van der Waals surface area contributed by atoms with E-state index in [1.807, 2.05) is 24.3 Å². The Morgan fingerprint density at radius 1 is 0.643 bits per heavy atom. The van der Waals surface area contributed by atoms with Crippen LogP contribution in [0.4, 0.5) is 0 Å². The molecule has 0 atom stereocenters. The van der Waals surface area contributed by atoms with Crippen LogP contribution in [0.3, 0.4) is 0 Å². The summed E-state index contributed by atoms with van der Waals surface area (Å²) < 4.78 is 21.5. The van der Waals surface area contributed by atoms with Crippen LogP contribution < -0.4 is 9.47 Å². The number of hydrogen-bond donors (Lipinski definition) is 0. The van der Waals surface area contributed by atoms with Gasteiger partial charge in [0.05, 0.1) is 0 Å². The van der Waals surface area contributed by atoms with Crippen molar-refractivity contribution in [1.82, 2.24) is 0 Å². The van der Waals surface area contributed by atoms with Crippen LogP contribution in [-0.4, -0.2) is 27.8 Å². The highest BCUT2D eigenvalue weighted by molar-refractivity contribution is 5.79. The van der Waals surface area contributed by atoms with Crippen molar-refractivity contribution in [3.63, 3.8) is 0 Å². The molecule has 0 aromatic heterocycles. The van der Waals surface area contributed by atoms with Gasteiger partial charge in [-0.05, 0) is 60.4 Å². The van der Waals surface area contributed by atoms with E-state index in [4.69, 9.17) is 18.9 Å². The zero-order chi connectivity index (χ0) is 19.9. The third kappa shape index (κ3) is 4.71. The number of aryl methyl sites for hydroxylation is 2. The van der Waals surface area contributed by atoms with Gasteiger partial charge in [0.15, 0.2) is 13.6 Å². The number of hydrogen-bond acceptors (Lipinski definition) is 4. The number of ether oxygens (including phenoxy) is 4. The fraction of sp³-hybridized carbons (Fsp3) is 0.250. The topological polar surface area (TPSA) is 36.9 Å². The number of rotatable bonds is 8. The average Bonchev–Trinajstić information content (AvgIpc) is 2.72. The van der Waals surface area contributed by atoms with Gasteiger partial charge in [0, 0.05) is 19.8 Å². The zero-order valence-corrected chi connectivity index (χ0v) is 16.8. The molecule has 0 aliphatic rings. The summed E-state index contributed by atoms with van der Waals surface area (Å²) in [7, 11) is 3.23. The lowest BCUT2D eigenvalue weighted by Crippen LogP contribution is -2.02. The molecule has 0 saturated carbocycles. The molecule has 0 amide bonds. The van der Waals surface area contributed by atoms with Gasteiger partial charge >= 0.3 is 0 Å². The standard InChI is InChI=1S/C24H26O4/c1-17-5-7-19(8-6-17)22-14-24(28-16-26-4)23(13-18(22)2)20-9-11-21(12-10-20)27-15-25-3/h5-14H,15-16H2,1-4H3. The minimum Gasteiger partial charge on any atom is -0.468 e. The summed E-state index contributed by atoms with van der Waals surface area (Å²) in [6, 6.07) is 20.7. The highest BCUT2D eigenvalue weighted by Gasteiger charge is 2.13. The van der Waals surface area contributed by atoms with Crippen LogP contribution in [0.25, 0.3) is 22.3 Å². The summed E-state index contributed by atoms with van der Waals surface area (Å²) in [4.78, 5) is 0. The van der Waals surface area contributed by atoms with E-state index in [0.29, 0.717) is 0 Å². The molecule has 4 heteroatoms. The Morgan fingerprint density at radius 2 is 1.21 bits per heavy atom. The smallest absolute Gasteiger partial charge is 0.188 e. The summed E-state index contributed by atoms with van der Waals surface area (Å²) in [5.41, 5.74) is 6.81. The van der Waals surface area contributed by atoms with Crippen molar-refractivity contribution in [2.75, 3.05) is 27.8 Å². The first-order valence-corrected chi connectivity index (χ1v) is 9.18. The third-order valence-corrected chi connectivity index (χ3v) is 4.53. The summed E-state index contributed by atoms with van der Waals surface area (Å²) in [6.07, 6.45) is 0. The second-order valence-electron chi connectivity index (χ2n) is 6.66. The van der Waals surface area contributed by atoms with E-state index >= 15 is 0 Å². The van der Waals surface area contributed by atoms with E-state index < -0.39 is 0 Å². The zero-order valence-electron chi connectivity index (χ0n) is 16.8. The predicted molar refractivity (Wildman–Crippen MR) is 112 cm³/mol. The van der Waals surface area contributed by atoms with Gasteiger partial charge in [0.2, 0.25) is 0 Å². The quantitative estimate of drug-likeness (QED) is 0.478. The maximum absolute atomic E-state index is 5.90. The normalized spacial score (nSPS) is 10.7. The van der Waals surface area contributed by atoms with Gasteiger partial charge in [-0.2, -0.15) is 0 Å². The predicted octanol–water partition coefficient (Wildman–Crippen LogP) is 5.60. The van der Waals surface area contributed by atoms with Crippen LogP contribution in [0, 0.1) is 13.8 Å². The van der Waals surface area contributed by atoms with Crippen LogP contribution in [0.2, 0.25) is 0 Å². The molecule has 3 aromatic rings. The maximum atomic E-state index is 5.90. The summed E-state index contributed by atoms with van der Waals surface area (Å²) in [5, 5.41) is 0. The monoisotopic (exact) mass is 378 g/mol. The summed E-state index contributed by atoms with van der Waals surface area (Å²) in [5.74, 6) is 1.55. The molecule has 0 spiro atoms. The Balaban J connectivity index is 2.00. The van der Waals surface area contributed by atoms with E-state index in [1.54, 1.807) is 14.2 Å². The van der Waals surface area contributed by atoms with Crippen LogP contribution >= 0.6 is 0 Å². The van der Waals surface area contributed by atoms with Crippen molar-refractivity contribution in [3.05, 3.63) is 71.8 Å². The number of methoxy groups -OCH3 is 2. The lowest BCUT2D eigenvalue weighted by Gasteiger charge is -2.16. The Hall–Kier alpha value is -2.82. The molecule has 0 bridgehead atoms. The van der Waals surface area contributed by atoms with E-state index in [9.17, 15) is 0 Å². The van der Waals surface area contributed by atoms with Gasteiger partial charge in [0.1, 0.15) is 11.5 Å². The molecule has 0 fully saturated rings. The molecule has 28 heavy (non-hydrogen) atoms. The molecule has 3 aromatic carbocycles. The molecule has 0 heterocycles. The Morgan fingerprint density at radius 3 is 1.86 bits per heavy atom. The molecule has 0 aliphatic carbocycles. The molecular weight excluding hydrogens is 352 g/mol. The summed E-state index contributed by atoms with van der Waals surface area (Å²) in [6.45, 7) is 4.63. The third-order valence-electron chi connectivity index (χ3n) is 4.53. The molecule has 0 saturated heterocycles. The second-order valence-corrected chi connectivity index (χ2v) is 6.66. The van der Waals surface area contributed by atoms with Crippen LogP contribution in [0.15, 0.2) is 60.7 Å². The first kappa shape index (κ1) is 19.9. The Kier molecular flexibility index (Phi) is 6.69. The molecular formula is C24H26O4. The van der Waals surface area contributed by atoms with E-state index in [1.165, 1.54) is 16.7 Å². The molecule has 3 rings (SSSR count). The molecule has 0 aliphatic heterocycles. The molecule has 0 unspecified atom stereocenters. The first-order valence-electron chi connectivity index (χ1n) is 9.18. The summed E-state index contributed by atoms with van der Waals surface area (Å²) >= 11 is 0. The van der Waals surface area contributed by atoms with Crippen LogP contribution in [-0.2, 0) is 9.47 Å². The Bertz CT molecular complexity index is 899. The highest BCUT2D eigenvalue weighted by Crippen LogP contribution is 2.37. The van der Waals surface area contributed by atoms with Crippen LogP contribution in [0.5, 0.6) is 11.5 Å². The van der Waals surface area contributed by atoms with Gasteiger partial charge in [-0.1, -0.05) is 42.0 Å². The van der Waals surface area contributed by atoms with Gasteiger partial charge in [-0.25, -0.2) is 0 Å². The van der Waals surface area contributed by atoms with E-state index in [2.05, 4.69) is 50.2 Å². The second kappa shape index (κ2) is 9.40. The van der Waals surface area contributed by atoms with E-state index in [-0.39, 0.29) is 13.6 Å². The van der Waals surface area contributed by atoms with Crippen molar-refractivity contribution in [1.29, 1.82) is 0 Å². The van der Waals surface area contributed by atoms with Crippen molar-refractivity contribution in [2.24, 2.45) is 0 Å². The van der Waals surface area contributed by atoms with Gasteiger partial charge in [-0.15, -0.1) is 0 Å². The molecule has 0 radical (unpaired) electrons. The Labute approximate surface area is 166 Å². The lowest BCUT2D eigenvalue weighted by molar-refractivity contribution is 0.0509. The van der Waals surface area contributed by atoms with Crippen molar-refractivity contribution in [3.8, 4) is 33.8 Å². The number of benzene rings is 3. The SMILES string of the molecule is COCOc1ccc(-c2cc(C)c(-c3ccc(C)cc3)cc2OCOC)cc1. The fourth-order valence-electron chi connectivity index (χ4n) is 3.06. The van der Waals surface area contributed by atoms with Crippen LogP contribution in [0.1, 0.15) is 11.1 Å². The molecule has 146 valence electrons. The van der Waals surface area contributed by atoms with Gasteiger partial charge in [-0.3, -0.25) is 0 Å². The highest BCUT2D eigenvalue weighted by atomic mass is 16.7. The van der Waals surface area contributed by atoms with E-state index in [0.717, 1.165) is 28.2 Å². The minimum absolute atomic E-state index is 0.193. The van der Waals surface area contributed by atoms with Gasteiger partial charge < -0.3 is 18.9 Å². The maximum Gasteiger partial charge on any atom is 0.188 e. The van der Waals surface area contributed by atoms with Crippen molar-refractivity contribution < 1.29 is 18.9 Å². The minimum atomic E-state index is 0.193.